The molecule has 0 aliphatic carbocycles. The molecule has 1 aliphatic rings. The third kappa shape index (κ3) is 3.41. The summed E-state index contributed by atoms with van der Waals surface area (Å²) in [7, 11) is 1.36. The number of halogens is 1. The molecule has 0 bridgehead atoms. The second-order valence-electron chi connectivity index (χ2n) is 7.02. The van der Waals surface area contributed by atoms with E-state index in [-0.39, 0.29) is 28.8 Å². The van der Waals surface area contributed by atoms with Gasteiger partial charge in [-0.25, -0.2) is 9.18 Å². The van der Waals surface area contributed by atoms with Crippen LogP contribution in [0.4, 0.5) is 4.39 Å². The summed E-state index contributed by atoms with van der Waals surface area (Å²) in [5.74, 6) is -0.803. The highest BCUT2D eigenvalue weighted by molar-refractivity contribution is 5.94. The number of aromatic amines is 1. The van der Waals surface area contributed by atoms with E-state index in [4.69, 9.17) is 4.74 Å². The molecular formula is C21H20FN3O4. The van der Waals surface area contributed by atoms with E-state index in [2.05, 4.69) is 4.98 Å². The van der Waals surface area contributed by atoms with Gasteiger partial charge in [-0.3, -0.25) is 14.2 Å². The van der Waals surface area contributed by atoms with Crippen molar-refractivity contribution in [3.8, 4) is 5.75 Å². The van der Waals surface area contributed by atoms with Crippen molar-refractivity contribution in [3.63, 3.8) is 0 Å². The summed E-state index contributed by atoms with van der Waals surface area (Å²) in [4.78, 5) is 42.3. The summed E-state index contributed by atoms with van der Waals surface area (Å²) >= 11 is 0. The number of carbonyl (C=O) groups is 1. The van der Waals surface area contributed by atoms with Gasteiger partial charge < -0.3 is 14.6 Å². The van der Waals surface area contributed by atoms with Crippen LogP contribution in [-0.2, 0) is 0 Å². The number of carbonyl (C=O) groups excluding carboxylic acids is 1. The predicted molar refractivity (Wildman–Crippen MR) is 106 cm³/mol. The maximum Gasteiger partial charge on any atom is 0.329 e. The number of likely N-dealkylation sites (tertiary alicyclic amines) is 1. The molecule has 1 aromatic heterocycles. The predicted octanol–water partition coefficient (Wildman–Crippen LogP) is 2.31. The Morgan fingerprint density at radius 2 is 1.86 bits per heavy atom. The van der Waals surface area contributed by atoms with Gasteiger partial charge in [0.1, 0.15) is 0 Å². The van der Waals surface area contributed by atoms with Crippen LogP contribution in [0.3, 0.4) is 0 Å². The number of methoxy groups -OCH3 is 1. The summed E-state index contributed by atoms with van der Waals surface area (Å²) in [6.07, 6.45) is 0.928. The van der Waals surface area contributed by atoms with Gasteiger partial charge in [-0.2, -0.15) is 0 Å². The van der Waals surface area contributed by atoms with Crippen molar-refractivity contribution in [2.75, 3.05) is 20.2 Å². The molecule has 2 aromatic carbocycles. The SMILES string of the molecule is COc1ccc(C(=O)N2CCC(n3c(=O)[nH]c4ccccc4c3=O)CC2)cc1F. The number of piperidine rings is 1. The van der Waals surface area contributed by atoms with Crippen LogP contribution in [-0.4, -0.2) is 40.6 Å². The molecule has 150 valence electrons. The van der Waals surface area contributed by atoms with Gasteiger partial charge in [0.05, 0.1) is 18.0 Å². The first-order valence-electron chi connectivity index (χ1n) is 9.36. The fourth-order valence-corrected chi connectivity index (χ4v) is 3.82. The lowest BCUT2D eigenvalue weighted by Crippen LogP contribution is -2.45. The first-order valence-corrected chi connectivity index (χ1v) is 9.36. The molecule has 3 aromatic rings. The largest absolute Gasteiger partial charge is 0.494 e. The van der Waals surface area contributed by atoms with Crippen molar-refractivity contribution in [1.29, 1.82) is 0 Å². The zero-order valence-corrected chi connectivity index (χ0v) is 15.9. The molecule has 8 heteroatoms. The van der Waals surface area contributed by atoms with E-state index in [0.29, 0.717) is 36.8 Å². The van der Waals surface area contributed by atoms with Crippen LogP contribution in [0.15, 0.2) is 52.1 Å². The van der Waals surface area contributed by atoms with Crippen LogP contribution >= 0.6 is 0 Å². The fourth-order valence-electron chi connectivity index (χ4n) is 3.82. The second kappa shape index (κ2) is 7.54. The minimum absolute atomic E-state index is 0.0789. The number of nitrogens with zero attached hydrogens (tertiary/aromatic N) is 2. The Morgan fingerprint density at radius 3 is 2.55 bits per heavy atom. The number of para-hydroxylation sites is 1. The summed E-state index contributed by atoms with van der Waals surface area (Å²) in [5, 5.41) is 0.458. The number of aromatic nitrogens is 2. The standard InChI is InChI=1S/C21H20FN3O4/c1-29-18-7-6-13(12-16(18)22)19(26)24-10-8-14(9-11-24)25-20(27)15-4-2-3-5-17(15)23-21(25)28/h2-7,12,14H,8-11H2,1H3,(H,23,28). The number of hydrogen-bond acceptors (Lipinski definition) is 4. The van der Waals surface area contributed by atoms with Crippen LogP contribution in [0.25, 0.3) is 10.9 Å². The van der Waals surface area contributed by atoms with Gasteiger partial charge in [-0.15, -0.1) is 0 Å². The molecule has 1 aliphatic heterocycles. The van der Waals surface area contributed by atoms with Gasteiger partial charge >= 0.3 is 5.69 Å². The lowest BCUT2D eigenvalue weighted by atomic mass is 10.0. The average Bonchev–Trinajstić information content (AvgIpc) is 2.73. The summed E-state index contributed by atoms with van der Waals surface area (Å²) in [6, 6.07) is 10.7. The minimum atomic E-state index is -0.595. The number of H-pyrrole nitrogens is 1. The fraction of sp³-hybridized carbons (Fsp3) is 0.286. The van der Waals surface area contributed by atoms with Gasteiger partial charge in [-0.05, 0) is 43.2 Å². The maximum absolute atomic E-state index is 13.9. The van der Waals surface area contributed by atoms with E-state index in [0.717, 1.165) is 6.07 Å². The van der Waals surface area contributed by atoms with Crippen LogP contribution in [0.2, 0.25) is 0 Å². The number of nitrogens with one attached hydrogen (secondary N) is 1. The highest BCUT2D eigenvalue weighted by atomic mass is 19.1. The first kappa shape index (κ1) is 18.9. The van der Waals surface area contributed by atoms with E-state index >= 15 is 0 Å². The molecule has 1 N–H and O–H groups in total. The van der Waals surface area contributed by atoms with Gasteiger partial charge in [0.15, 0.2) is 11.6 Å². The zero-order chi connectivity index (χ0) is 20.5. The van der Waals surface area contributed by atoms with Gasteiger partial charge in [0.25, 0.3) is 11.5 Å². The maximum atomic E-state index is 13.9. The Hall–Kier alpha value is -3.42. The number of fused-ring (bicyclic) bond motifs is 1. The molecule has 1 saturated heterocycles. The van der Waals surface area contributed by atoms with E-state index in [1.165, 1.54) is 23.8 Å². The number of amides is 1. The van der Waals surface area contributed by atoms with Crippen molar-refractivity contribution >= 4 is 16.8 Å². The highest BCUT2D eigenvalue weighted by Gasteiger charge is 2.27. The van der Waals surface area contributed by atoms with Crippen molar-refractivity contribution in [1.82, 2.24) is 14.5 Å². The van der Waals surface area contributed by atoms with E-state index in [1.54, 1.807) is 29.2 Å². The average molecular weight is 397 g/mol. The van der Waals surface area contributed by atoms with Crippen molar-refractivity contribution in [2.45, 2.75) is 18.9 Å². The lowest BCUT2D eigenvalue weighted by molar-refractivity contribution is 0.0691. The molecule has 7 nitrogen and oxygen atoms in total. The summed E-state index contributed by atoms with van der Waals surface area (Å²) in [5.41, 5.74) is -0.0302. The number of hydrogen-bond donors (Lipinski definition) is 1. The first-order chi connectivity index (χ1) is 14.0. The van der Waals surface area contributed by atoms with E-state index in [1.807, 2.05) is 0 Å². The molecule has 29 heavy (non-hydrogen) atoms. The Balaban J connectivity index is 1.53. The van der Waals surface area contributed by atoms with E-state index < -0.39 is 11.5 Å². The molecular weight excluding hydrogens is 377 g/mol. The van der Waals surface area contributed by atoms with Crippen molar-refractivity contribution < 1.29 is 13.9 Å². The van der Waals surface area contributed by atoms with Crippen LogP contribution < -0.4 is 16.0 Å². The molecule has 0 radical (unpaired) electrons. The molecule has 1 fully saturated rings. The summed E-state index contributed by atoms with van der Waals surface area (Å²) < 4.78 is 20.0. The Kier molecular flexibility index (Phi) is 4.92. The Morgan fingerprint density at radius 1 is 1.14 bits per heavy atom. The summed E-state index contributed by atoms with van der Waals surface area (Å²) in [6.45, 7) is 0.742. The van der Waals surface area contributed by atoms with Gasteiger partial charge in [0, 0.05) is 24.7 Å². The van der Waals surface area contributed by atoms with Crippen LogP contribution in [0.5, 0.6) is 5.75 Å². The second-order valence-corrected chi connectivity index (χ2v) is 7.02. The topological polar surface area (TPSA) is 84.4 Å². The molecule has 4 rings (SSSR count). The smallest absolute Gasteiger partial charge is 0.329 e. The molecule has 0 unspecified atom stereocenters. The number of benzene rings is 2. The van der Waals surface area contributed by atoms with Crippen molar-refractivity contribution in [2.24, 2.45) is 0 Å². The molecule has 0 spiro atoms. The van der Waals surface area contributed by atoms with Crippen molar-refractivity contribution in [3.05, 3.63) is 74.7 Å². The molecule has 0 atom stereocenters. The minimum Gasteiger partial charge on any atom is -0.494 e. The molecule has 2 heterocycles. The number of rotatable bonds is 3. The normalized spacial score (nSPS) is 14.9. The lowest BCUT2D eigenvalue weighted by Gasteiger charge is -2.32. The zero-order valence-electron chi connectivity index (χ0n) is 15.9. The third-order valence-corrected chi connectivity index (χ3v) is 5.35. The van der Waals surface area contributed by atoms with Crippen LogP contribution in [0.1, 0.15) is 29.2 Å². The van der Waals surface area contributed by atoms with Gasteiger partial charge in [0.2, 0.25) is 0 Å². The number of ether oxygens (including phenoxy) is 1. The highest BCUT2D eigenvalue weighted by Crippen LogP contribution is 2.24. The van der Waals surface area contributed by atoms with Crippen LogP contribution in [0, 0.1) is 5.82 Å². The Labute approximate surface area is 165 Å². The molecule has 0 saturated carbocycles. The van der Waals surface area contributed by atoms with Gasteiger partial charge in [-0.1, -0.05) is 12.1 Å². The Bertz CT molecular complexity index is 1190. The quantitative estimate of drug-likeness (QED) is 0.735. The third-order valence-electron chi connectivity index (χ3n) is 5.35. The molecule has 1 amide bonds. The van der Waals surface area contributed by atoms with E-state index in [9.17, 15) is 18.8 Å². The monoisotopic (exact) mass is 397 g/mol.